The Labute approximate surface area is 251 Å². The van der Waals surface area contributed by atoms with Crippen molar-refractivity contribution in [3.05, 3.63) is 70.7 Å². The number of carbonyl (C=O) groups is 2. The van der Waals surface area contributed by atoms with Crippen molar-refractivity contribution in [3.63, 3.8) is 0 Å². The van der Waals surface area contributed by atoms with Crippen molar-refractivity contribution in [1.82, 2.24) is 10.3 Å². The second-order valence-electron chi connectivity index (χ2n) is 11.7. The molecule has 1 amide bonds. The Morgan fingerprint density at radius 1 is 1.16 bits per heavy atom. The number of amides is 1. The van der Waals surface area contributed by atoms with Crippen molar-refractivity contribution < 1.29 is 46.5 Å². The summed E-state index contributed by atoms with van der Waals surface area (Å²) in [5.74, 6) is -0.873. The lowest BCUT2D eigenvalue weighted by Crippen LogP contribution is -2.43. The number of carbonyl (C=O) groups excluding carboxylic acids is 2. The lowest BCUT2D eigenvalue weighted by atomic mass is 9.83. The monoisotopic (exact) mass is 616 g/mol. The van der Waals surface area contributed by atoms with Gasteiger partial charge in [0.05, 0.1) is 19.4 Å². The van der Waals surface area contributed by atoms with Gasteiger partial charge in [0.15, 0.2) is 23.4 Å². The molecule has 2 aliphatic heterocycles. The Hall–Kier alpha value is -4.19. The molecule has 3 heterocycles. The molecule has 0 bridgehead atoms. The molecule has 234 valence electrons. The number of nitrogens with zero attached hydrogens (tertiary/aromatic N) is 1. The number of ether oxygens (including phenoxy) is 3. The third kappa shape index (κ3) is 5.70. The minimum absolute atomic E-state index is 0.0357. The molecule has 5 rings (SSSR count). The van der Waals surface area contributed by atoms with Crippen LogP contribution in [-0.4, -0.2) is 54.3 Å². The number of aryl methyl sites for hydroxylation is 1. The second kappa shape index (κ2) is 11.4. The van der Waals surface area contributed by atoms with Gasteiger partial charge in [-0.3, -0.25) is 9.59 Å². The van der Waals surface area contributed by atoms with Crippen molar-refractivity contribution in [2.75, 3.05) is 20.3 Å². The van der Waals surface area contributed by atoms with Crippen LogP contribution in [0.2, 0.25) is 0 Å². The van der Waals surface area contributed by atoms with Gasteiger partial charge in [-0.05, 0) is 61.4 Å². The largest absolute Gasteiger partial charge is 0.493 e. The number of alkyl halides is 3. The van der Waals surface area contributed by atoms with Gasteiger partial charge in [-0.2, -0.15) is 13.2 Å². The molecule has 44 heavy (non-hydrogen) atoms. The summed E-state index contributed by atoms with van der Waals surface area (Å²) in [7, 11) is 1.33. The van der Waals surface area contributed by atoms with E-state index in [-0.39, 0.29) is 46.6 Å². The Bertz CT molecular complexity index is 1620. The number of hydrogen-bond acceptors (Lipinski definition) is 7. The Balaban J connectivity index is 1.47. The molecule has 2 aromatic carbocycles. The zero-order valence-electron chi connectivity index (χ0n) is 24.6. The van der Waals surface area contributed by atoms with E-state index in [9.17, 15) is 32.3 Å². The SMILES string of the molecule is COc1cc(C(=O)CCC(O)(c2cc3c(c(-c4ccc(F)c(C)c4)n2)OCC3(C)C)C(F)(F)F)ccc1OC1CCNC1=O. The minimum atomic E-state index is -5.20. The van der Waals surface area contributed by atoms with Gasteiger partial charge in [0.25, 0.3) is 5.91 Å². The van der Waals surface area contributed by atoms with E-state index in [0.717, 1.165) is 0 Å². The Morgan fingerprint density at radius 2 is 1.91 bits per heavy atom. The highest BCUT2D eigenvalue weighted by Gasteiger charge is 2.56. The van der Waals surface area contributed by atoms with Crippen LogP contribution in [0, 0.1) is 12.7 Å². The average Bonchev–Trinajstić information content (AvgIpc) is 3.53. The second-order valence-corrected chi connectivity index (χ2v) is 11.7. The van der Waals surface area contributed by atoms with Crippen LogP contribution in [0.1, 0.15) is 60.3 Å². The first-order valence-corrected chi connectivity index (χ1v) is 14.0. The number of aromatic nitrogens is 1. The number of halogens is 4. The fourth-order valence-corrected chi connectivity index (χ4v) is 5.34. The van der Waals surface area contributed by atoms with Crippen LogP contribution in [-0.2, 0) is 15.8 Å². The number of hydrogen-bond donors (Lipinski definition) is 2. The van der Waals surface area contributed by atoms with Gasteiger partial charge in [0.1, 0.15) is 17.3 Å². The summed E-state index contributed by atoms with van der Waals surface area (Å²) in [4.78, 5) is 29.3. The van der Waals surface area contributed by atoms with Crippen LogP contribution in [0.5, 0.6) is 17.2 Å². The molecule has 2 aliphatic rings. The quantitative estimate of drug-likeness (QED) is 0.240. The standard InChI is InChI=1S/C32H32F4N2O6/c1-17-13-19(5-7-21(17)33)27-28-20(30(2,3)16-43-28)15-26(38-27)31(41,32(34,35)36)11-9-22(39)18-6-8-23(25(14-18)42-4)44-24-10-12-37-29(24)40/h5-8,13-15,24,41H,9-12,16H2,1-4H3,(H,37,40). The fraction of sp³-hybridized carbons (Fsp3) is 0.406. The van der Waals surface area contributed by atoms with E-state index in [2.05, 4.69) is 10.3 Å². The maximum Gasteiger partial charge on any atom is 0.422 e. The van der Waals surface area contributed by atoms with Crippen molar-refractivity contribution >= 4 is 11.7 Å². The molecular weight excluding hydrogens is 584 g/mol. The number of methoxy groups -OCH3 is 1. The summed E-state index contributed by atoms with van der Waals surface area (Å²) in [6.07, 6.45) is -7.19. The normalized spacial score (nSPS) is 18.7. The predicted octanol–water partition coefficient (Wildman–Crippen LogP) is 5.56. The predicted molar refractivity (Wildman–Crippen MR) is 151 cm³/mol. The number of benzene rings is 2. The molecule has 1 fully saturated rings. The fourth-order valence-electron chi connectivity index (χ4n) is 5.34. The zero-order chi connectivity index (χ0) is 32.0. The maximum atomic E-state index is 14.7. The van der Waals surface area contributed by atoms with E-state index < -0.39 is 53.4 Å². The summed E-state index contributed by atoms with van der Waals surface area (Å²) < 4.78 is 74.9. The first-order valence-electron chi connectivity index (χ1n) is 14.0. The third-order valence-corrected chi connectivity index (χ3v) is 8.07. The van der Waals surface area contributed by atoms with Crippen LogP contribution in [0.15, 0.2) is 42.5 Å². The molecule has 1 saturated heterocycles. The molecule has 2 atom stereocenters. The van der Waals surface area contributed by atoms with E-state index in [4.69, 9.17) is 14.2 Å². The van der Waals surface area contributed by atoms with Crippen molar-refractivity contribution in [2.24, 2.45) is 0 Å². The number of aliphatic hydroxyl groups is 1. The average molecular weight is 617 g/mol. The molecular formula is C32H32F4N2O6. The molecule has 2 unspecified atom stereocenters. The van der Waals surface area contributed by atoms with Crippen LogP contribution in [0.3, 0.4) is 0 Å². The van der Waals surface area contributed by atoms with E-state index in [1.165, 1.54) is 56.5 Å². The summed E-state index contributed by atoms with van der Waals surface area (Å²) in [6, 6.07) is 9.30. The summed E-state index contributed by atoms with van der Waals surface area (Å²) in [5.41, 5.74) is -3.83. The highest BCUT2D eigenvalue weighted by molar-refractivity contribution is 5.96. The van der Waals surface area contributed by atoms with Gasteiger partial charge >= 0.3 is 6.18 Å². The molecule has 0 spiro atoms. The van der Waals surface area contributed by atoms with Crippen LogP contribution in [0.25, 0.3) is 11.3 Å². The molecule has 3 aromatic rings. The van der Waals surface area contributed by atoms with Gasteiger partial charge in [-0.15, -0.1) is 0 Å². The maximum absolute atomic E-state index is 14.7. The van der Waals surface area contributed by atoms with Gasteiger partial charge in [-0.1, -0.05) is 13.8 Å². The smallest absolute Gasteiger partial charge is 0.422 e. The van der Waals surface area contributed by atoms with E-state index in [1.54, 1.807) is 13.8 Å². The highest BCUT2D eigenvalue weighted by atomic mass is 19.4. The number of fused-ring (bicyclic) bond motifs is 1. The summed E-state index contributed by atoms with van der Waals surface area (Å²) in [5, 5.41) is 13.9. The number of rotatable bonds is 9. The molecule has 0 radical (unpaired) electrons. The molecule has 1 aromatic heterocycles. The third-order valence-electron chi connectivity index (χ3n) is 8.07. The highest BCUT2D eigenvalue weighted by Crippen LogP contribution is 2.49. The van der Waals surface area contributed by atoms with Crippen LogP contribution >= 0.6 is 0 Å². The summed E-state index contributed by atoms with van der Waals surface area (Å²) >= 11 is 0. The summed E-state index contributed by atoms with van der Waals surface area (Å²) in [6.45, 7) is 5.72. The minimum Gasteiger partial charge on any atom is -0.493 e. The number of pyridine rings is 1. The Kier molecular flexibility index (Phi) is 8.08. The number of nitrogens with one attached hydrogen (secondary N) is 1. The van der Waals surface area contributed by atoms with Crippen molar-refractivity contribution in [3.8, 4) is 28.5 Å². The molecule has 8 nitrogen and oxygen atoms in total. The van der Waals surface area contributed by atoms with E-state index in [1.807, 2.05) is 0 Å². The van der Waals surface area contributed by atoms with Gasteiger partial charge in [0.2, 0.25) is 5.60 Å². The van der Waals surface area contributed by atoms with Gasteiger partial charge < -0.3 is 24.6 Å². The van der Waals surface area contributed by atoms with E-state index >= 15 is 0 Å². The van der Waals surface area contributed by atoms with E-state index in [0.29, 0.717) is 24.1 Å². The molecule has 0 saturated carbocycles. The lowest BCUT2D eigenvalue weighted by molar-refractivity contribution is -0.270. The number of ketones is 1. The number of Topliss-reactive ketones (excluding diaryl/α,β-unsaturated/α-hetero) is 1. The zero-order valence-corrected chi connectivity index (χ0v) is 24.6. The lowest BCUT2D eigenvalue weighted by Gasteiger charge is -2.31. The topological polar surface area (TPSA) is 107 Å². The molecule has 12 heteroatoms. The first kappa shape index (κ1) is 31.2. The first-order chi connectivity index (χ1) is 20.6. The van der Waals surface area contributed by atoms with Gasteiger partial charge in [0, 0.05) is 41.5 Å². The van der Waals surface area contributed by atoms with Crippen molar-refractivity contribution in [2.45, 2.75) is 63.3 Å². The molecule has 0 aliphatic carbocycles. The van der Waals surface area contributed by atoms with Gasteiger partial charge in [-0.25, -0.2) is 9.37 Å². The van der Waals surface area contributed by atoms with Crippen LogP contribution < -0.4 is 19.5 Å². The van der Waals surface area contributed by atoms with Crippen LogP contribution in [0.4, 0.5) is 17.6 Å². The Morgan fingerprint density at radius 3 is 2.55 bits per heavy atom. The molecule has 2 N–H and O–H groups in total. The van der Waals surface area contributed by atoms with Crippen molar-refractivity contribution in [1.29, 1.82) is 0 Å².